The highest BCUT2D eigenvalue weighted by atomic mass is 16.3. The lowest BCUT2D eigenvalue weighted by Gasteiger charge is -2.65. The number of hydrogen-bond donors (Lipinski definition) is 2. The van der Waals surface area contributed by atoms with E-state index in [1.54, 1.807) is 0 Å². The second-order valence-corrected chi connectivity index (χ2v) is 9.79. The van der Waals surface area contributed by atoms with E-state index < -0.39 is 0 Å². The number of carbonyl (C=O) groups excluding carboxylic acids is 1. The van der Waals surface area contributed by atoms with Gasteiger partial charge in [-0.05, 0) is 73.5 Å². The van der Waals surface area contributed by atoms with E-state index in [9.17, 15) is 9.90 Å². The van der Waals surface area contributed by atoms with Gasteiger partial charge in [-0.25, -0.2) is 0 Å². The van der Waals surface area contributed by atoms with Crippen LogP contribution in [0.25, 0.3) is 0 Å². The summed E-state index contributed by atoms with van der Waals surface area (Å²) < 4.78 is 0. The molecule has 0 heterocycles. The molecule has 0 aromatic rings. The Morgan fingerprint density at radius 3 is 2.19 bits per heavy atom. The fourth-order valence-electron chi connectivity index (χ4n) is 7.04. The van der Waals surface area contributed by atoms with Crippen molar-refractivity contribution >= 4 is 5.91 Å². The van der Waals surface area contributed by atoms with E-state index in [2.05, 4.69) is 19.2 Å². The lowest BCUT2D eigenvalue weighted by atomic mass is 9.40. The van der Waals surface area contributed by atoms with E-state index in [-0.39, 0.29) is 23.5 Å². The monoisotopic (exact) mass is 291 g/mol. The number of hydrogen-bond acceptors (Lipinski definition) is 2. The van der Waals surface area contributed by atoms with Crippen LogP contribution in [0.1, 0.15) is 71.6 Å². The summed E-state index contributed by atoms with van der Waals surface area (Å²) in [7, 11) is 0. The third-order valence-corrected chi connectivity index (χ3v) is 6.84. The van der Waals surface area contributed by atoms with Crippen molar-refractivity contribution in [1.29, 1.82) is 0 Å². The van der Waals surface area contributed by atoms with E-state index in [0.29, 0.717) is 17.3 Å². The van der Waals surface area contributed by atoms with Crippen molar-refractivity contribution in [1.82, 2.24) is 5.32 Å². The largest absolute Gasteiger partial charge is 0.394 e. The first-order valence-electron chi connectivity index (χ1n) is 8.69. The fourth-order valence-corrected chi connectivity index (χ4v) is 7.04. The molecule has 5 saturated carbocycles. The topological polar surface area (TPSA) is 49.3 Å². The summed E-state index contributed by atoms with van der Waals surface area (Å²) in [6.45, 7) is 5.01. The Bertz CT molecular complexity index is 464. The molecule has 3 nitrogen and oxygen atoms in total. The number of nitrogens with one attached hydrogen (secondary N) is 1. The molecule has 0 saturated heterocycles. The Labute approximate surface area is 127 Å². The van der Waals surface area contributed by atoms with Gasteiger partial charge in [0.1, 0.15) is 0 Å². The zero-order chi connectivity index (χ0) is 14.9. The predicted octanol–water partition coefficient (Wildman–Crippen LogP) is 3.01. The summed E-state index contributed by atoms with van der Waals surface area (Å²) in [5.41, 5.74) is 0.942. The standard InChI is InChI=1S/C18H29NO2/c1-15-5-13-6-16(2,9-15)11-17(7-13,10-15)8-14(21)19-18(12-20)3-4-18/h13,20H,3-12H2,1-2H3,(H,19,21). The Kier molecular flexibility index (Phi) is 2.70. The second-order valence-electron chi connectivity index (χ2n) is 9.79. The van der Waals surface area contributed by atoms with Gasteiger partial charge in [-0.1, -0.05) is 13.8 Å². The van der Waals surface area contributed by atoms with Crippen LogP contribution >= 0.6 is 0 Å². The fraction of sp³-hybridized carbons (Fsp3) is 0.944. The minimum absolute atomic E-state index is 0.101. The van der Waals surface area contributed by atoms with Crippen molar-refractivity contribution in [3.8, 4) is 0 Å². The van der Waals surface area contributed by atoms with Gasteiger partial charge in [0.2, 0.25) is 5.91 Å². The second kappa shape index (κ2) is 4.04. The number of aliphatic hydroxyl groups is 1. The highest BCUT2D eigenvalue weighted by molar-refractivity contribution is 5.78. The third kappa shape index (κ3) is 2.32. The van der Waals surface area contributed by atoms with Crippen molar-refractivity contribution in [2.24, 2.45) is 22.2 Å². The maximum Gasteiger partial charge on any atom is 0.221 e. The minimum Gasteiger partial charge on any atom is -0.394 e. The van der Waals surface area contributed by atoms with Crippen LogP contribution in [0.4, 0.5) is 0 Å². The minimum atomic E-state index is -0.257. The molecule has 2 atom stereocenters. The first kappa shape index (κ1) is 14.0. The summed E-state index contributed by atoms with van der Waals surface area (Å²) in [6.07, 6.45) is 10.4. The van der Waals surface area contributed by atoms with Crippen LogP contribution in [0.5, 0.6) is 0 Å². The lowest BCUT2D eigenvalue weighted by molar-refractivity contribution is -0.156. The van der Waals surface area contributed by atoms with Crippen molar-refractivity contribution in [3.63, 3.8) is 0 Å². The molecule has 0 spiro atoms. The SMILES string of the molecule is CC12CC3CC(C)(C1)CC(CC(=O)NC1(CO)CC1)(C3)C2. The molecule has 0 radical (unpaired) electrons. The molecule has 5 fully saturated rings. The van der Waals surface area contributed by atoms with E-state index >= 15 is 0 Å². The smallest absolute Gasteiger partial charge is 0.221 e. The van der Waals surface area contributed by atoms with Gasteiger partial charge in [0.05, 0.1) is 12.1 Å². The van der Waals surface area contributed by atoms with Gasteiger partial charge in [-0.15, -0.1) is 0 Å². The average Bonchev–Trinajstić information content (AvgIpc) is 3.03. The number of rotatable bonds is 4. The number of amides is 1. The quantitative estimate of drug-likeness (QED) is 0.836. The molecule has 0 aromatic carbocycles. The first-order chi connectivity index (χ1) is 9.78. The molecule has 21 heavy (non-hydrogen) atoms. The highest BCUT2D eigenvalue weighted by Crippen LogP contribution is 2.70. The van der Waals surface area contributed by atoms with E-state index in [1.165, 1.54) is 38.5 Å². The maximum atomic E-state index is 12.5. The zero-order valence-electron chi connectivity index (χ0n) is 13.5. The van der Waals surface area contributed by atoms with Gasteiger partial charge in [-0.2, -0.15) is 0 Å². The Balaban J connectivity index is 1.50. The third-order valence-electron chi connectivity index (χ3n) is 6.84. The van der Waals surface area contributed by atoms with Gasteiger partial charge in [0.25, 0.3) is 0 Å². The summed E-state index contributed by atoms with van der Waals surface area (Å²) in [6, 6.07) is 0. The molecule has 2 N–H and O–H groups in total. The molecular weight excluding hydrogens is 262 g/mol. The van der Waals surface area contributed by atoms with Crippen LogP contribution < -0.4 is 5.32 Å². The van der Waals surface area contributed by atoms with Crippen molar-refractivity contribution in [2.45, 2.75) is 77.2 Å². The maximum absolute atomic E-state index is 12.5. The van der Waals surface area contributed by atoms with Crippen LogP contribution in [0, 0.1) is 22.2 Å². The predicted molar refractivity (Wildman–Crippen MR) is 81.6 cm³/mol. The number of carbonyl (C=O) groups is 1. The van der Waals surface area contributed by atoms with E-state index in [4.69, 9.17) is 0 Å². The van der Waals surface area contributed by atoms with Gasteiger partial charge in [0.15, 0.2) is 0 Å². The average molecular weight is 291 g/mol. The Morgan fingerprint density at radius 2 is 1.71 bits per heavy atom. The van der Waals surface area contributed by atoms with Gasteiger partial charge in [-0.3, -0.25) is 4.79 Å². The molecule has 5 aliphatic rings. The number of aliphatic hydroxyl groups excluding tert-OH is 1. The van der Waals surface area contributed by atoms with E-state index in [0.717, 1.165) is 18.8 Å². The molecule has 0 aliphatic heterocycles. The van der Waals surface area contributed by atoms with Crippen molar-refractivity contribution in [3.05, 3.63) is 0 Å². The molecular formula is C18H29NO2. The Hall–Kier alpha value is -0.570. The zero-order valence-corrected chi connectivity index (χ0v) is 13.5. The Morgan fingerprint density at radius 1 is 1.10 bits per heavy atom. The first-order valence-corrected chi connectivity index (χ1v) is 8.69. The van der Waals surface area contributed by atoms with Gasteiger partial charge in [0, 0.05) is 6.42 Å². The molecule has 0 aromatic heterocycles. The molecule has 4 bridgehead atoms. The molecule has 1 amide bonds. The molecule has 118 valence electrons. The normalized spacial score (nSPS) is 49.2. The summed E-state index contributed by atoms with van der Waals surface area (Å²) >= 11 is 0. The van der Waals surface area contributed by atoms with E-state index in [1.807, 2.05) is 0 Å². The van der Waals surface area contributed by atoms with Gasteiger partial charge >= 0.3 is 0 Å². The van der Waals surface area contributed by atoms with Crippen LogP contribution in [0.15, 0.2) is 0 Å². The lowest BCUT2D eigenvalue weighted by Crippen LogP contribution is -2.56. The summed E-state index contributed by atoms with van der Waals surface area (Å²) in [5, 5.41) is 12.5. The van der Waals surface area contributed by atoms with Crippen molar-refractivity contribution in [2.75, 3.05) is 6.61 Å². The highest BCUT2D eigenvalue weighted by Gasteiger charge is 2.60. The summed E-state index contributed by atoms with van der Waals surface area (Å²) in [5.74, 6) is 1.03. The van der Waals surface area contributed by atoms with Crippen LogP contribution in [-0.2, 0) is 4.79 Å². The molecule has 3 heteroatoms. The van der Waals surface area contributed by atoms with Gasteiger partial charge < -0.3 is 10.4 Å². The van der Waals surface area contributed by atoms with Crippen LogP contribution in [0.2, 0.25) is 0 Å². The molecule has 5 rings (SSSR count). The van der Waals surface area contributed by atoms with Crippen molar-refractivity contribution < 1.29 is 9.90 Å². The van der Waals surface area contributed by atoms with Crippen LogP contribution in [0.3, 0.4) is 0 Å². The van der Waals surface area contributed by atoms with Crippen LogP contribution in [-0.4, -0.2) is 23.2 Å². The molecule has 2 unspecified atom stereocenters. The molecule has 5 aliphatic carbocycles. The summed E-state index contributed by atoms with van der Waals surface area (Å²) in [4.78, 5) is 12.5.